The van der Waals surface area contributed by atoms with Gasteiger partial charge in [0.05, 0.1) is 13.2 Å². The minimum Gasteiger partial charge on any atom is -0.475 e. The van der Waals surface area contributed by atoms with Gasteiger partial charge in [0.2, 0.25) is 5.88 Å². The molecule has 0 aliphatic heterocycles. The van der Waals surface area contributed by atoms with E-state index in [0.717, 1.165) is 0 Å². The maximum Gasteiger partial charge on any atom is 0.321 e. The van der Waals surface area contributed by atoms with Crippen molar-refractivity contribution in [3.63, 3.8) is 0 Å². The third kappa shape index (κ3) is 5.67. The summed E-state index contributed by atoms with van der Waals surface area (Å²) in [5.74, 6) is 0.356. The first-order valence-corrected chi connectivity index (χ1v) is 5.42. The molecule has 0 unspecified atom stereocenters. The molecule has 0 saturated carbocycles. The highest BCUT2D eigenvalue weighted by atomic mass is 35.5. The summed E-state index contributed by atoms with van der Waals surface area (Å²) in [7, 11) is 3.18. The fourth-order valence-corrected chi connectivity index (χ4v) is 1.13. The molecule has 0 N–H and O–H groups in total. The van der Waals surface area contributed by atoms with Crippen LogP contribution in [0.1, 0.15) is 0 Å². The molecule has 7 heteroatoms. The van der Waals surface area contributed by atoms with E-state index in [1.165, 1.54) is 6.07 Å². The van der Waals surface area contributed by atoms with Gasteiger partial charge in [0, 0.05) is 20.3 Å². The molecular weight excluding hydrogens is 248 g/mol. The van der Waals surface area contributed by atoms with E-state index in [4.69, 9.17) is 30.5 Å². The molecule has 0 aromatic carbocycles. The predicted octanol–water partition coefficient (Wildman–Crippen LogP) is 1.18. The van der Waals surface area contributed by atoms with Crippen molar-refractivity contribution in [3.8, 4) is 11.9 Å². The molecule has 6 nitrogen and oxygen atoms in total. The maximum atomic E-state index is 5.80. The number of halogens is 1. The van der Waals surface area contributed by atoms with Gasteiger partial charge in [-0.1, -0.05) is 11.6 Å². The maximum absolute atomic E-state index is 5.80. The number of hydrogen-bond donors (Lipinski definition) is 0. The molecule has 1 aromatic heterocycles. The van der Waals surface area contributed by atoms with Crippen molar-refractivity contribution in [3.05, 3.63) is 11.2 Å². The van der Waals surface area contributed by atoms with Crippen LogP contribution in [-0.2, 0) is 9.47 Å². The SMILES string of the molecule is COCCOc1cc(Cl)nc(OCCOC)n1. The van der Waals surface area contributed by atoms with Crippen molar-refractivity contribution in [2.24, 2.45) is 0 Å². The van der Waals surface area contributed by atoms with E-state index in [-0.39, 0.29) is 11.2 Å². The van der Waals surface area contributed by atoms with Crippen molar-refractivity contribution in [2.75, 3.05) is 40.6 Å². The highest BCUT2D eigenvalue weighted by molar-refractivity contribution is 6.29. The van der Waals surface area contributed by atoms with Crippen molar-refractivity contribution >= 4 is 11.6 Å². The highest BCUT2D eigenvalue weighted by Gasteiger charge is 2.05. The first kappa shape index (κ1) is 14.0. The summed E-state index contributed by atoms with van der Waals surface area (Å²) in [6, 6.07) is 1.68. The summed E-state index contributed by atoms with van der Waals surface area (Å²) in [6.45, 7) is 1.67. The van der Waals surface area contributed by atoms with Gasteiger partial charge in [-0.25, -0.2) is 0 Å². The molecule has 1 heterocycles. The zero-order valence-electron chi connectivity index (χ0n) is 9.81. The number of ether oxygens (including phenoxy) is 4. The predicted molar refractivity (Wildman–Crippen MR) is 61.8 cm³/mol. The Morgan fingerprint density at radius 1 is 1.00 bits per heavy atom. The van der Waals surface area contributed by atoms with Crippen LogP contribution in [0.15, 0.2) is 6.07 Å². The van der Waals surface area contributed by atoms with E-state index in [1.807, 2.05) is 0 Å². The van der Waals surface area contributed by atoms with Gasteiger partial charge in [-0.15, -0.1) is 0 Å². The fraction of sp³-hybridized carbons (Fsp3) is 0.600. The van der Waals surface area contributed by atoms with Crippen molar-refractivity contribution in [2.45, 2.75) is 0 Å². The van der Waals surface area contributed by atoms with Gasteiger partial charge in [0.15, 0.2) is 0 Å². The van der Waals surface area contributed by atoms with E-state index in [0.29, 0.717) is 32.3 Å². The molecule has 0 saturated heterocycles. The van der Waals surface area contributed by atoms with E-state index >= 15 is 0 Å². The number of nitrogens with zero attached hydrogens (tertiary/aromatic N) is 2. The average molecular weight is 263 g/mol. The monoisotopic (exact) mass is 262 g/mol. The number of aromatic nitrogens is 2. The van der Waals surface area contributed by atoms with Crippen LogP contribution < -0.4 is 9.47 Å². The Hall–Kier alpha value is -1.11. The zero-order valence-corrected chi connectivity index (χ0v) is 10.6. The second kappa shape index (κ2) is 8.05. The topological polar surface area (TPSA) is 62.7 Å². The number of hydrogen-bond acceptors (Lipinski definition) is 6. The molecular formula is C10H15ClN2O4. The molecule has 1 aromatic rings. The molecule has 0 aliphatic carbocycles. The number of rotatable bonds is 8. The molecule has 0 radical (unpaired) electrons. The van der Waals surface area contributed by atoms with Gasteiger partial charge in [-0.3, -0.25) is 0 Å². The van der Waals surface area contributed by atoms with Crippen LogP contribution in [0.4, 0.5) is 0 Å². The summed E-state index contributed by atoms with van der Waals surface area (Å²) < 4.78 is 20.2. The second-order valence-corrected chi connectivity index (χ2v) is 3.38. The normalized spacial score (nSPS) is 10.3. The van der Waals surface area contributed by atoms with Crippen LogP contribution in [0.5, 0.6) is 11.9 Å². The van der Waals surface area contributed by atoms with E-state index < -0.39 is 0 Å². The minimum absolute atomic E-state index is 0.168. The summed E-state index contributed by atoms with van der Waals surface area (Å²) in [5.41, 5.74) is 0. The third-order valence-electron chi connectivity index (χ3n) is 1.71. The van der Waals surface area contributed by atoms with E-state index in [9.17, 15) is 0 Å². The Bertz CT molecular complexity index is 310. The minimum atomic E-state index is 0.168. The van der Waals surface area contributed by atoms with Crippen LogP contribution in [0.3, 0.4) is 0 Å². The molecule has 0 atom stereocenters. The molecule has 17 heavy (non-hydrogen) atoms. The lowest BCUT2D eigenvalue weighted by atomic mass is 10.6. The largest absolute Gasteiger partial charge is 0.475 e. The first-order valence-electron chi connectivity index (χ1n) is 5.04. The smallest absolute Gasteiger partial charge is 0.321 e. The Balaban J connectivity index is 2.53. The first-order chi connectivity index (χ1) is 8.26. The highest BCUT2D eigenvalue weighted by Crippen LogP contribution is 2.17. The zero-order chi connectivity index (χ0) is 12.5. The molecule has 0 amide bonds. The van der Waals surface area contributed by atoms with Crippen LogP contribution in [-0.4, -0.2) is 50.6 Å². The molecule has 0 aliphatic rings. The average Bonchev–Trinajstić information content (AvgIpc) is 2.29. The van der Waals surface area contributed by atoms with Gasteiger partial charge in [0.1, 0.15) is 18.4 Å². The summed E-state index contributed by atoms with van der Waals surface area (Å²) in [6.07, 6.45) is 0. The summed E-state index contributed by atoms with van der Waals surface area (Å²) in [4.78, 5) is 7.93. The molecule has 1 rings (SSSR count). The van der Waals surface area contributed by atoms with Crippen LogP contribution in [0.25, 0.3) is 0 Å². The lowest BCUT2D eigenvalue weighted by molar-refractivity contribution is 0.134. The van der Waals surface area contributed by atoms with E-state index in [1.54, 1.807) is 14.2 Å². The Kier molecular flexibility index (Phi) is 6.61. The molecule has 0 bridgehead atoms. The van der Waals surface area contributed by atoms with Crippen LogP contribution >= 0.6 is 11.6 Å². The standard InChI is InChI=1S/C10H15ClN2O4/c1-14-3-5-16-9-7-8(11)12-10(13-9)17-6-4-15-2/h7H,3-6H2,1-2H3. The fourth-order valence-electron chi connectivity index (χ4n) is 0.961. The Morgan fingerprint density at radius 2 is 1.65 bits per heavy atom. The van der Waals surface area contributed by atoms with Gasteiger partial charge in [-0.2, -0.15) is 9.97 Å². The van der Waals surface area contributed by atoms with Crippen molar-refractivity contribution in [1.29, 1.82) is 0 Å². The van der Waals surface area contributed by atoms with Crippen LogP contribution in [0.2, 0.25) is 5.15 Å². The van der Waals surface area contributed by atoms with Gasteiger partial charge >= 0.3 is 6.01 Å². The lowest BCUT2D eigenvalue weighted by Gasteiger charge is -2.07. The van der Waals surface area contributed by atoms with Crippen LogP contribution in [0, 0.1) is 0 Å². The van der Waals surface area contributed by atoms with Crippen molar-refractivity contribution < 1.29 is 18.9 Å². The Labute approximate surface area is 105 Å². The van der Waals surface area contributed by atoms with Gasteiger partial charge < -0.3 is 18.9 Å². The lowest BCUT2D eigenvalue weighted by Crippen LogP contribution is -2.09. The Morgan fingerprint density at radius 3 is 2.29 bits per heavy atom. The molecule has 96 valence electrons. The number of methoxy groups -OCH3 is 2. The summed E-state index contributed by atoms with van der Waals surface area (Å²) in [5, 5.41) is 0.264. The molecule has 0 fully saturated rings. The molecule has 0 spiro atoms. The van der Waals surface area contributed by atoms with E-state index in [2.05, 4.69) is 9.97 Å². The second-order valence-electron chi connectivity index (χ2n) is 2.99. The quantitative estimate of drug-likeness (QED) is 0.518. The third-order valence-corrected chi connectivity index (χ3v) is 1.90. The van der Waals surface area contributed by atoms with Gasteiger partial charge in [0.25, 0.3) is 0 Å². The van der Waals surface area contributed by atoms with Gasteiger partial charge in [-0.05, 0) is 0 Å². The summed E-state index contributed by atoms with van der Waals surface area (Å²) >= 11 is 5.80. The van der Waals surface area contributed by atoms with Crippen molar-refractivity contribution in [1.82, 2.24) is 9.97 Å².